The second-order valence-corrected chi connectivity index (χ2v) is 17.9. The number of likely N-dealkylation sites (tertiary alicyclic amines) is 2. The van der Waals surface area contributed by atoms with Crippen molar-refractivity contribution in [1.29, 1.82) is 0 Å². The summed E-state index contributed by atoms with van der Waals surface area (Å²) in [5.74, 6) is -0.213. The van der Waals surface area contributed by atoms with Gasteiger partial charge in [-0.1, -0.05) is 47.6 Å². The van der Waals surface area contributed by atoms with Gasteiger partial charge in [0, 0.05) is 28.4 Å². The fourth-order valence-electron chi connectivity index (χ4n) is 8.45. The summed E-state index contributed by atoms with van der Waals surface area (Å²) in [4.78, 5) is 44.6. The summed E-state index contributed by atoms with van der Waals surface area (Å²) in [5.41, 5.74) is 1.84. The number of halogens is 5. The van der Waals surface area contributed by atoms with Gasteiger partial charge in [0.25, 0.3) is 11.1 Å². The number of H-pyrrole nitrogens is 2. The first-order valence-electron chi connectivity index (χ1n) is 21.2. The topological polar surface area (TPSA) is 138 Å². The van der Waals surface area contributed by atoms with Crippen LogP contribution in [-0.4, -0.2) is 85.2 Å². The number of rotatable bonds is 6. The van der Waals surface area contributed by atoms with E-state index >= 15 is 0 Å². The molecule has 16 heteroatoms. The number of aromatic amines is 2. The molecule has 4 aliphatic rings. The Morgan fingerprint density at radius 3 is 1.51 bits per heavy atom. The monoisotopic (exact) mass is 930 g/mol. The molecule has 63 heavy (non-hydrogen) atoms. The van der Waals surface area contributed by atoms with E-state index in [1.807, 2.05) is 0 Å². The number of benzene rings is 4. The number of nitrogens with zero attached hydrogens (tertiary/aromatic N) is 4. The van der Waals surface area contributed by atoms with Crippen LogP contribution in [0.4, 0.5) is 17.6 Å². The SMILES string of the molecule is C.Cc1ccc(-c2cc(F)c3nc(C4CCN(C5CC5)CC4)[nH]c(=O)c3c2)cc1F.Cc1ccc(B(O)O)cc1F.O=c1[nH]c(C2CCN(C3CC3)CC2)nc2c(F)cc(Br)cc12. The van der Waals surface area contributed by atoms with Crippen molar-refractivity contribution in [3.05, 3.63) is 132 Å². The Labute approximate surface area is 372 Å². The van der Waals surface area contributed by atoms with Gasteiger partial charge in [-0.2, -0.15) is 0 Å². The van der Waals surface area contributed by atoms with Crippen LogP contribution in [0.5, 0.6) is 0 Å². The van der Waals surface area contributed by atoms with E-state index in [2.05, 4.69) is 45.7 Å². The van der Waals surface area contributed by atoms with Gasteiger partial charge < -0.3 is 29.8 Å². The average Bonchev–Trinajstić information content (AvgIpc) is 4.19. The third-order valence-electron chi connectivity index (χ3n) is 12.5. The maximum absolute atomic E-state index is 14.9. The largest absolute Gasteiger partial charge is 0.488 e. The summed E-state index contributed by atoms with van der Waals surface area (Å²) in [5, 5.41) is 17.7. The van der Waals surface area contributed by atoms with Gasteiger partial charge >= 0.3 is 7.12 Å². The van der Waals surface area contributed by atoms with Crippen LogP contribution in [0.1, 0.15) is 93.4 Å². The van der Waals surface area contributed by atoms with E-state index in [4.69, 9.17) is 10.0 Å². The lowest BCUT2D eigenvalue weighted by atomic mass is 9.80. The fraction of sp³-hybridized carbons (Fsp3) is 0.404. The molecule has 0 spiro atoms. The van der Waals surface area contributed by atoms with Crippen LogP contribution >= 0.6 is 15.9 Å². The van der Waals surface area contributed by atoms with Crippen LogP contribution < -0.4 is 16.6 Å². The van der Waals surface area contributed by atoms with Gasteiger partial charge in [0.2, 0.25) is 0 Å². The van der Waals surface area contributed by atoms with Crippen molar-refractivity contribution in [3.8, 4) is 11.1 Å². The highest BCUT2D eigenvalue weighted by Crippen LogP contribution is 2.35. The van der Waals surface area contributed by atoms with Crippen molar-refractivity contribution < 1.29 is 27.6 Å². The number of nitrogens with one attached hydrogen (secondary N) is 2. The van der Waals surface area contributed by atoms with Crippen LogP contribution in [0, 0.1) is 37.1 Å². The lowest BCUT2D eigenvalue weighted by Crippen LogP contribution is -2.35. The standard InChI is InChI=1S/C23H23F2N3O.C16H17BrFN3O.C7H8BFO2.CH4/c1-13-2-3-15(11-19(13)24)16-10-18-21(20(25)12-16)26-22(27-23(18)29)14-6-8-28(9-7-14)17-4-5-17;17-10-7-12-14(13(18)8-10)19-15(20-16(12)22)9-3-5-21(6-4-9)11-1-2-11;1-5-2-3-6(8(10)11)4-7(5)9;/h2-3,10-12,14,17H,4-9H2,1H3,(H,26,27,29);7-9,11H,1-6H2,(H,19,20,22);2-4,10-11H,1H3;1H4. The molecular weight excluding hydrogens is 879 g/mol. The molecule has 0 atom stereocenters. The van der Waals surface area contributed by atoms with E-state index in [1.165, 1.54) is 56.0 Å². The lowest BCUT2D eigenvalue weighted by Gasteiger charge is -2.31. The zero-order valence-corrected chi connectivity index (χ0v) is 36.1. The predicted molar refractivity (Wildman–Crippen MR) is 243 cm³/mol. The Balaban J connectivity index is 0.000000155. The van der Waals surface area contributed by atoms with Gasteiger partial charge in [0.1, 0.15) is 40.1 Å². The number of hydrogen-bond donors (Lipinski definition) is 4. The number of piperidine rings is 2. The van der Waals surface area contributed by atoms with E-state index in [0.29, 0.717) is 43.8 Å². The summed E-state index contributed by atoms with van der Waals surface area (Å²) in [7, 11) is -1.59. The van der Waals surface area contributed by atoms with Crippen molar-refractivity contribution in [2.75, 3.05) is 26.2 Å². The number of aryl methyl sites for hydroxylation is 2. The minimum Gasteiger partial charge on any atom is -0.423 e. The summed E-state index contributed by atoms with van der Waals surface area (Å²) >= 11 is 3.21. The van der Waals surface area contributed by atoms with Crippen molar-refractivity contribution in [3.63, 3.8) is 0 Å². The molecule has 4 N–H and O–H groups in total. The molecule has 332 valence electrons. The van der Waals surface area contributed by atoms with Crippen molar-refractivity contribution in [2.24, 2.45) is 0 Å². The van der Waals surface area contributed by atoms with Gasteiger partial charge in [-0.05, 0) is 156 Å². The van der Waals surface area contributed by atoms with Crippen LogP contribution in [-0.2, 0) is 0 Å². The van der Waals surface area contributed by atoms with Crippen molar-refractivity contribution >= 4 is 50.3 Å². The van der Waals surface area contributed by atoms with Crippen LogP contribution in [0.25, 0.3) is 32.9 Å². The Hall–Kier alpha value is -4.74. The first-order chi connectivity index (χ1) is 29.7. The normalized spacial score (nSPS) is 17.4. The molecule has 10 nitrogen and oxygen atoms in total. The molecule has 0 radical (unpaired) electrons. The van der Waals surface area contributed by atoms with Crippen LogP contribution in [0.3, 0.4) is 0 Å². The van der Waals surface area contributed by atoms with E-state index in [9.17, 15) is 27.2 Å². The van der Waals surface area contributed by atoms with E-state index in [1.54, 1.807) is 38.1 Å². The average molecular weight is 932 g/mol. The molecule has 0 amide bonds. The van der Waals surface area contributed by atoms with Gasteiger partial charge in [0.05, 0.1) is 10.8 Å². The Kier molecular flexibility index (Phi) is 14.4. The zero-order chi connectivity index (χ0) is 43.8. The zero-order valence-electron chi connectivity index (χ0n) is 34.5. The molecular formula is C47H52BBrF4N6O4. The molecule has 4 aromatic carbocycles. The van der Waals surface area contributed by atoms with Crippen molar-refractivity contribution in [1.82, 2.24) is 29.7 Å². The molecule has 2 aliphatic carbocycles. The Morgan fingerprint density at radius 1 is 0.603 bits per heavy atom. The minimum absolute atomic E-state index is 0. The third kappa shape index (κ3) is 10.8. The molecule has 0 bridgehead atoms. The molecule has 6 aromatic rings. The summed E-state index contributed by atoms with van der Waals surface area (Å²) in [6.45, 7) is 7.36. The van der Waals surface area contributed by atoms with Crippen molar-refractivity contribution in [2.45, 2.75) is 96.6 Å². The highest BCUT2D eigenvalue weighted by Gasteiger charge is 2.34. The number of fused-ring (bicyclic) bond motifs is 2. The molecule has 2 saturated carbocycles. The Morgan fingerprint density at radius 2 is 1.05 bits per heavy atom. The number of hydrogen-bond acceptors (Lipinski definition) is 8. The minimum atomic E-state index is -1.59. The number of aromatic nitrogens is 4. The van der Waals surface area contributed by atoms with E-state index < -0.39 is 24.6 Å². The quantitative estimate of drug-likeness (QED) is 0.0971. The molecule has 2 aromatic heterocycles. The predicted octanol–water partition coefficient (Wildman–Crippen LogP) is 8.14. The van der Waals surface area contributed by atoms with Gasteiger partial charge in [-0.25, -0.2) is 27.5 Å². The molecule has 4 fully saturated rings. The summed E-state index contributed by atoms with van der Waals surface area (Å²) < 4.78 is 56.2. The first kappa shape index (κ1) is 46.3. The highest BCUT2D eigenvalue weighted by atomic mass is 79.9. The van der Waals surface area contributed by atoms with Gasteiger partial charge in [-0.15, -0.1) is 0 Å². The fourth-order valence-corrected chi connectivity index (χ4v) is 8.88. The molecule has 2 saturated heterocycles. The maximum atomic E-state index is 14.9. The molecule has 2 aliphatic heterocycles. The van der Waals surface area contributed by atoms with Gasteiger partial charge in [-0.3, -0.25) is 9.59 Å². The summed E-state index contributed by atoms with van der Waals surface area (Å²) in [6.07, 6.45) is 9.00. The third-order valence-corrected chi connectivity index (χ3v) is 12.9. The molecule has 0 unspecified atom stereocenters. The van der Waals surface area contributed by atoms with Crippen LogP contribution in [0.15, 0.2) is 74.7 Å². The molecule has 10 rings (SSSR count). The van der Waals surface area contributed by atoms with Crippen LogP contribution in [0.2, 0.25) is 0 Å². The Bertz CT molecular complexity index is 2730. The van der Waals surface area contributed by atoms with E-state index in [0.717, 1.165) is 70.0 Å². The summed E-state index contributed by atoms with van der Waals surface area (Å²) in [6, 6.07) is 16.2. The first-order valence-corrected chi connectivity index (χ1v) is 22.0. The second-order valence-electron chi connectivity index (χ2n) is 17.0. The maximum Gasteiger partial charge on any atom is 0.488 e. The van der Waals surface area contributed by atoms with Gasteiger partial charge in [0.15, 0.2) is 5.82 Å². The second kappa shape index (κ2) is 19.6. The lowest BCUT2D eigenvalue weighted by molar-refractivity contribution is 0.200. The van der Waals surface area contributed by atoms with E-state index in [-0.39, 0.29) is 58.1 Å². The smallest absolute Gasteiger partial charge is 0.423 e. The molecule has 4 heterocycles. The highest BCUT2D eigenvalue weighted by molar-refractivity contribution is 9.10.